The van der Waals surface area contributed by atoms with Crippen LogP contribution >= 0.6 is 0 Å². The third kappa shape index (κ3) is 4.37. The van der Waals surface area contributed by atoms with E-state index in [4.69, 9.17) is 10.5 Å². The van der Waals surface area contributed by atoms with Crippen molar-refractivity contribution in [3.8, 4) is 11.8 Å². The van der Waals surface area contributed by atoms with Gasteiger partial charge in [-0.25, -0.2) is 9.97 Å². The Balaban J connectivity index is 0.00000150. The van der Waals surface area contributed by atoms with Crippen LogP contribution in [-0.2, 0) is 58.5 Å². The topological polar surface area (TPSA) is 66.0 Å². The summed E-state index contributed by atoms with van der Waals surface area (Å²) < 4.78 is 8.23. The van der Waals surface area contributed by atoms with E-state index in [0.717, 1.165) is 22.2 Å². The summed E-state index contributed by atoms with van der Waals surface area (Å²) in [5.74, 6) is 7.16. The molecule has 1 aliphatic heterocycles. The number of hydrogen-bond acceptors (Lipinski definition) is 4. The van der Waals surface area contributed by atoms with Crippen molar-refractivity contribution < 1.29 is 58.5 Å². The van der Waals surface area contributed by atoms with Gasteiger partial charge in [-0.15, -0.1) is 0 Å². The summed E-state index contributed by atoms with van der Waals surface area (Å²) in [6, 6.07) is 9.86. The van der Waals surface area contributed by atoms with E-state index in [2.05, 4.69) is 49.5 Å². The molecular formula is C22H23N4OWY-. The van der Waals surface area contributed by atoms with Gasteiger partial charge in [-0.05, 0) is 18.1 Å². The van der Waals surface area contributed by atoms with E-state index < -0.39 is 0 Å². The van der Waals surface area contributed by atoms with Crippen molar-refractivity contribution in [2.75, 3.05) is 5.73 Å². The minimum Gasteiger partial charge on any atom is -0.386 e. The normalized spacial score (nSPS) is 22.3. The molecule has 0 saturated carbocycles. The van der Waals surface area contributed by atoms with Gasteiger partial charge < -0.3 is 22.0 Å². The van der Waals surface area contributed by atoms with Crippen molar-refractivity contribution in [3.05, 3.63) is 60.9 Å². The average molecular weight is 632 g/mol. The number of fused-ring (bicyclic) bond motifs is 1. The maximum absolute atomic E-state index is 6.20. The van der Waals surface area contributed by atoms with Crippen molar-refractivity contribution in [3.63, 3.8) is 0 Å². The molecule has 2 aromatic heterocycles. The molecule has 3 heterocycles. The number of nitrogens with zero attached hydrogens (tertiary/aromatic N) is 3. The van der Waals surface area contributed by atoms with Crippen LogP contribution in [0.5, 0.6) is 0 Å². The molecule has 3 aromatic rings. The molecule has 0 bridgehead atoms. The second-order valence-corrected chi connectivity index (χ2v) is 7.66. The maximum atomic E-state index is 6.20. The van der Waals surface area contributed by atoms with Crippen LogP contribution in [0.4, 0.5) is 5.82 Å². The van der Waals surface area contributed by atoms with Crippen LogP contribution < -0.4 is 5.73 Å². The van der Waals surface area contributed by atoms with Crippen LogP contribution in [0.15, 0.2) is 42.9 Å². The Morgan fingerprint density at radius 1 is 1.17 bits per heavy atom. The minimum absolute atomic E-state index is 0. The summed E-state index contributed by atoms with van der Waals surface area (Å²) in [5, 5.41) is 0.764. The minimum atomic E-state index is -0.195. The number of aromatic nitrogens is 3. The van der Waals surface area contributed by atoms with Crippen LogP contribution in [0.2, 0.25) is 0 Å². The Morgan fingerprint density at radius 3 is 2.48 bits per heavy atom. The summed E-state index contributed by atoms with van der Waals surface area (Å²) >= 11 is 0. The first-order chi connectivity index (χ1) is 12.9. The third-order valence-corrected chi connectivity index (χ3v) is 5.68. The van der Waals surface area contributed by atoms with Crippen molar-refractivity contribution >= 4 is 16.9 Å². The van der Waals surface area contributed by atoms with Gasteiger partial charge >= 0.3 is 0 Å². The van der Waals surface area contributed by atoms with Gasteiger partial charge in [0.25, 0.3) is 0 Å². The molecule has 0 aliphatic carbocycles. The fourth-order valence-electron chi connectivity index (χ4n) is 3.63. The van der Waals surface area contributed by atoms with E-state index in [9.17, 15) is 0 Å². The Bertz CT molecular complexity index is 1060. The predicted molar refractivity (Wildman–Crippen MR) is 107 cm³/mol. The molecule has 0 amide bonds. The first-order valence-electron chi connectivity index (χ1n) is 9.06. The van der Waals surface area contributed by atoms with Gasteiger partial charge in [0.15, 0.2) is 0 Å². The Labute approximate surface area is 211 Å². The molecule has 0 spiro atoms. The zero-order valence-electron chi connectivity index (χ0n) is 16.8. The van der Waals surface area contributed by atoms with E-state index in [-0.39, 0.29) is 71.5 Å². The Morgan fingerprint density at radius 2 is 1.86 bits per heavy atom. The molecule has 1 radical (unpaired) electrons. The molecule has 147 valence electrons. The van der Waals surface area contributed by atoms with Gasteiger partial charge in [0, 0.05) is 70.9 Å². The SMILES string of the molecule is [CH2-]C1O[C@@H](n2cc(C#Cc3ccccc3)c3c(N)ncnc32)C(C)(C)C1C.[W].[Y]. The molecule has 1 aliphatic rings. The molecule has 29 heavy (non-hydrogen) atoms. The Hall–Kier alpha value is -1.05. The molecule has 1 aromatic carbocycles. The van der Waals surface area contributed by atoms with E-state index in [1.165, 1.54) is 6.33 Å². The van der Waals surface area contributed by atoms with Crippen molar-refractivity contribution in [1.29, 1.82) is 0 Å². The molecule has 3 atom stereocenters. The van der Waals surface area contributed by atoms with Crippen LogP contribution in [0.1, 0.15) is 38.1 Å². The van der Waals surface area contributed by atoms with Crippen molar-refractivity contribution in [1.82, 2.24) is 14.5 Å². The Kier molecular flexibility index (Phi) is 7.85. The standard InChI is InChI=1S/C22H23N4O.W.Y/c1-14-15(2)27-21(22(14,3)4)26-12-17(11-10-16-8-6-5-7-9-16)18-19(23)24-13-25-20(18)26;;/h5-9,12-15,21H,2H2,1,3-4H3,(H2,23,24,25);;/q-1;;/t14?,15?,21-;;/m1../s1. The first kappa shape index (κ1) is 24.2. The molecule has 4 rings (SSSR count). The van der Waals surface area contributed by atoms with Gasteiger partial charge in [0.1, 0.15) is 24.0 Å². The smallest absolute Gasteiger partial charge is 0.148 e. The van der Waals surface area contributed by atoms with Gasteiger partial charge in [0.05, 0.1) is 10.9 Å². The van der Waals surface area contributed by atoms with E-state index >= 15 is 0 Å². The fourth-order valence-corrected chi connectivity index (χ4v) is 3.63. The predicted octanol–water partition coefficient (Wildman–Crippen LogP) is 3.80. The average Bonchev–Trinajstić information content (AvgIpc) is 3.12. The molecular weight excluding hydrogens is 609 g/mol. The summed E-state index contributed by atoms with van der Waals surface area (Å²) in [7, 11) is 0. The summed E-state index contributed by atoms with van der Waals surface area (Å²) in [5.41, 5.74) is 8.54. The van der Waals surface area contributed by atoms with Crippen LogP contribution in [-0.4, -0.2) is 20.6 Å². The first-order valence-corrected chi connectivity index (χ1v) is 9.06. The monoisotopic (exact) mass is 632 g/mol. The van der Waals surface area contributed by atoms with Crippen LogP contribution in [0.25, 0.3) is 11.0 Å². The quantitative estimate of drug-likeness (QED) is 0.328. The second kappa shape index (κ2) is 9.40. The molecule has 1 saturated heterocycles. The maximum Gasteiger partial charge on any atom is 0.148 e. The zero-order valence-corrected chi connectivity index (χ0v) is 22.6. The number of ether oxygens (including phenoxy) is 1. The third-order valence-electron chi connectivity index (χ3n) is 5.68. The number of benzene rings is 1. The summed E-state index contributed by atoms with van der Waals surface area (Å²) in [6.07, 6.45) is 3.18. The number of hydrogen-bond donors (Lipinski definition) is 1. The second-order valence-electron chi connectivity index (χ2n) is 7.66. The van der Waals surface area contributed by atoms with Crippen LogP contribution in [0.3, 0.4) is 0 Å². The number of nitrogen functional groups attached to an aromatic ring is 1. The molecule has 2 N–H and O–H groups in total. The largest absolute Gasteiger partial charge is 0.386 e. The van der Waals surface area contributed by atoms with E-state index in [1.807, 2.05) is 41.1 Å². The number of anilines is 1. The van der Waals surface area contributed by atoms with Gasteiger partial charge in [-0.3, -0.25) is 0 Å². The van der Waals surface area contributed by atoms with E-state index in [0.29, 0.717) is 11.7 Å². The number of nitrogens with two attached hydrogens (primary N) is 1. The van der Waals surface area contributed by atoms with Crippen molar-refractivity contribution in [2.24, 2.45) is 11.3 Å². The molecule has 5 nitrogen and oxygen atoms in total. The molecule has 2 unspecified atom stereocenters. The summed E-state index contributed by atoms with van der Waals surface area (Å²) in [4.78, 5) is 8.64. The van der Waals surface area contributed by atoms with Gasteiger partial charge in [-0.2, -0.15) is 0 Å². The van der Waals surface area contributed by atoms with Crippen LogP contribution in [0, 0.1) is 30.1 Å². The molecule has 7 heteroatoms. The fraction of sp³-hybridized carbons (Fsp3) is 0.318. The van der Waals surface area contributed by atoms with Gasteiger partial charge in [-0.1, -0.05) is 56.9 Å². The summed E-state index contributed by atoms with van der Waals surface area (Å²) in [6.45, 7) is 10.7. The molecule has 1 fully saturated rings. The number of rotatable bonds is 1. The zero-order chi connectivity index (χ0) is 19.2. The van der Waals surface area contributed by atoms with Crippen molar-refractivity contribution in [2.45, 2.75) is 33.1 Å². The van der Waals surface area contributed by atoms with Gasteiger partial charge in [0.2, 0.25) is 0 Å². The van der Waals surface area contributed by atoms with E-state index in [1.54, 1.807) is 0 Å².